The topological polar surface area (TPSA) is 50.1 Å². The van der Waals surface area contributed by atoms with Gasteiger partial charge >= 0.3 is 5.97 Å². The molecule has 2 aliphatic rings. The van der Waals surface area contributed by atoms with Crippen molar-refractivity contribution in [3.8, 4) is 11.8 Å². The number of nitriles is 1. The quantitative estimate of drug-likeness (QED) is 0.141. The third kappa shape index (κ3) is 6.57. The van der Waals surface area contributed by atoms with Crippen LogP contribution in [0.4, 0.5) is 17.6 Å². The van der Waals surface area contributed by atoms with Gasteiger partial charge in [0.2, 0.25) is 0 Å². The van der Waals surface area contributed by atoms with Crippen LogP contribution in [0.3, 0.4) is 0 Å². The summed E-state index contributed by atoms with van der Waals surface area (Å²) in [5.74, 6) is -4.03. The van der Waals surface area contributed by atoms with Crippen LogP contribution in [0.1, 0.15) is 111 Å². The maximum atomic E-state index is 15.1. The van der Waals surface area contributed by atoms with E-state index in [0.29, 0.717) is 30.4 Å². The molecule has 0 aliphatic heterocycles. The molecule has 38 heavy (non-hydrogen) atoms. The molecule has 2 aromatic rings. The summed E-state index contributed by atoms with van der Waals surface area (Å²) in [4.78, 5) is 12.5. The largest absolute Gasteiger partial charge is 0.423 e. The van der Waals surface area contributed by atoms with E-state index in [0.717, 1.165) is 37.3 Å². The Hall–Kier alpha value is -2.88. The minimum Gasteiger partial charge on any atom is -0.423 e. The molecule has 0 aromatic heterocycles. The number of hydrogen-bond donors (Lipinski definition) is 0. The van der Waals surface area contributed by atoms with Gasteiger partial charge in [0.05, 0.1) is 5.56 Å². The number of unbranched alkanes of at least 4 members (excludes halogenated alkanes) is 4. The van der Waals surface area contributed by atoms with Crippen LogP contribution in [-0.2, 0) is 0 Å². The Morgan fingerprint density at radius 1 is 0.868 bits per heavy atom. The highest BCUT2D eigenvalue weighted by Gasteiger charge is 2.37. The van der Waals surface area contributed by atoms with Crippen molar-refractivity contribution >= 4 is 5.97 Å². The molecule has 0 saturated heterocycles. The van der Waals surface area contributed by atoms with Crippen molar-refractivity contribution < 1.29 is 27.1 Å². The molecule has 4 rings (SSSR count). The van der Waals surface area contributed by atoms with Crippen molar-refractivity contribution in [3.05, 3.63) is 64.2 Å². The predicted octanol–water partition coefficient (Wildman–Crippen LogP) is 8.99. The Morgan fingerprint density at radius 2 is 1.50 bits per heavy atom. The maximum absolute atomic E-state index is 15.1. The van der Waals surface area contributed by atoms with Gasteiger partial charge in [-0.2, -0.15) is 5.26 Å². The van der Waals surface area contributed by atoms with Crippen molar-refractivity contribution in [1.82, 2.24) is 0 Å². The van der Waals surface area contributed by atoms with E-state index in [-0.39, 0.29) is 17.0 Å². The zero-order chi connectivity index (χ0) is 27.2. The Balaban J connectivity index is 1.37. The smallest absolute Gasteiger partial charge is 0.343 e. The van der Waals surface area contributed by atoms with E-state index in [1.54, 1.807) is 0 Å². The molecule has 4 unspecified atom stereocenters. The van der Waals surface area contributed by atoms with Gasteiger partial charge in [-0.25, -0.2) is 22.4 Å². The standard InChI is InChI=1S/C31H35F4NO2/c1-2-3-4-5-6-7-19-8-9-21-13-22(11-10-20(21)12-19)30-28(34)14-23(15-29(30)35)31(37)38-24-16-26(32)25(18-36)27(33)17-24/h14-17,19-22H,2-13H2,1H3. The van der Waals surface area contributed by atoms with E-state index in [1.807, 2.05) is 0 Å². The zero-order valence-corrected chi connectivity index (χ0v) is 21.9. The molecule has 2 saturated carbocycles. The molecule has 0 radical (unpaired) electrons. The number of ether oxygens (including phenoxy) is 1. The number of carbonyl (C=O) groups is 1. The van der Waals surface area contributed by atoms with Crippen molar-refractivity contribution in [3.63, 3.8) is 0 Å². The molecular formula is C31H35F4NO2. The number of benzene rings is 2. The van der Waals surface area contributed by atoms with Gasteiger partial charge < -0.3 is 4.74 Å². The number of halogens is 4. The molecule has 0 N–H and O–H groups in total. The molecule has 2 aliphatic carbocycles. The van der Waals surface area contributed by atoms with Crippen LogP contribution < -0.4 is 4.74 Å². The van der Waals surface area contributed by atoms with Crippen LogP contribution in [0.5, 0.6) is 5.75 Å². The highest BCUT2D eigenvalue weighted by atomic mass is 19.1. The Morgan fingerprint density at radius 3 is 2.16 bits per heavy atom. The molecule has 0 heterocycles. The van der Waals surface area contributed by atoms with Gasteiger partial charge in [-0.15, -0.1) is 0 Å². The van der Waals surface area contributed by atoms with Crippen LogP contribution >= 0.6 is 0 Å². The normalized spacial score (nSPS) is 22.9. The van der Waals surface area contributed by atoms with Gasteiger partial charge in [0, 0.05) is 17.7 Å². The molecule has 7 heteroatoms. The summed E-state index contributed by atoms with van der Waals surface area (Å²) >= 11 is 0. The first-order valence-corrected chi connectivity index (χ1v) is 13.9. The average molecular weight is 530 g/mol. The molecule has 2 fully saturated rings. The molecule has 204 valence electrons. The van der Waals surface area contributed by atoms with Crippen molar-refractivity contribution in [2.24, 2.45) is 17.8 Å². The van der Waals surface area contributed by atoms with E-state index in [4.69, 9.17) is 10.00 Å². The second-order valence-electron chi connectivity index (χ2n) is 11.0. The SMILES string of the molecule is CCCCCCCC1CCC2CC(c3c(F)cc(C(=O)Oc4cc(F)c(C#N)c(F)c4)cc3F)CCC2C1. The number of hydrogen-bond acceptors (Lipinski definition) is 3. The number of fused-ring (bicyclic) bond motifs is 1. The zero-order valence-electron chi connectivity index (χ0n) is 21.9. The van der Waals surface area contributed by atoms with Gasteiger partial charge in [-0.3, -0.25) is 0 Å². The summed E-state index contributed by atoms with van der Waals surface area (Å²) in [7, 11) is 0. The second kappa shape index (κ2) is 12.8. The maximum Gasteiger partial charge on any atom is 0.343 e. The van der Waals surface area contributed by atoms with Crippen LogP contribution in [0.15, 0.2) is 24.3 Å². The second-order valence-corrected chi connectivity index (χ2v) is 11.0. The molecule has 0 spiro atoms. The minimum absolute atomic E-state index is 0.00788. The molecular weight excluding hydrogens is 494 g/mol. The third-order valence-corrected chi connectivity index (χ3v) is 8.50. The van der Waals surface area contributed by atoms with Gasteiger partial charge in [0.25, 0.3) is 0 Å². The van der Waals surface area contributed by atoms with Crippen LogP contribution in [0, 0.1) is 52.4 Å². The number of rotatable bonds is 9. The molecule has 0 bridgehead atoms. The lowest BCUT2D eigenvalue weighted by molar-refractivity contribution is 0.0732. The molecule has 4 atom stereocenters. The number of nitrogens with zero attached hydrogens (tertiary/aromatic N) is 1. The summed E-state index contributed by atoms with van der Waals surface area (Å²) in [6.45, 7) is 2.23. The summed E-state index contributed by atoms with van der Waals surface area (Å²) in [6.07, 6.45) is 13.7. The number of carbonyl (C=O) groups excluding carboxylic acids is 1. The lowest BCUT2D eigenvalue weighted by atomic mass is 9.63. The minimum atomic E-state index is -1.19. The Labute approximate surface area is 222 Å². The predicted molar refractivity (Wildman–Crippen MR) is 137 cm³/mol. The van der Waals surface area contributed by atoms with Crippen molar-refractivity contribution in [1.29, 1.82) is 5.26 Å². The van der Waals surface area contributed by atoms with Crippen LogP contribution in [0.25, 0.3) is 0 Å². The molecule has 0 amide bonds. The Bertz CT molecular complexity index is 1140. The fourth-order valence-corrected chi connectivity index (χ4v) is 6.52. The van der Waals surface area contributed by atoms with Crippen molar-refractivity contribution in [2.75, 3.05) is 0 Å². The monoisotopic (exact) mass is 529 g/mol. The van der Waals surface area contributed by atoms with Gasteiger partial charge in [-0.05, 0) is 67.9 Å². The highest BCUT2D eigenvalue weighted by molar-refractivity contribution is 5.91. The first-order valence-electron chi connectivity index (χ1n) is 13.9. The van der Waals surface area contributed by atoms with Gasteiger partial charge in [0.1, 0.15) is 40.7 Å². The summed E-state index contributed by atoms with van der Waals surface area (Å²) in [6, 6.07) is 4.59. The van der Waals surface area contributed by atoms with Gasteiger partial charge in [0.15, 0.2) is 0 Å². The lowest BCUT2D eigenvalue weighted by Gasteiger charge is -2.42. The first-order chi connectivity index (χ1) is 18.3. The summed E-state index contributed by atoms with van der Waals surface area (Å²) in [5, 5.41) is 8.75. The fraction of sp³-hybridized carbons (Fsp3) is 0.548. The first kappa shape index (κ1) is 28.1. The lowest BCUT2D eigenvalue weighted by Crippen LogP contribution is -2.31. The average Bonchev–Trinajstić information content (AvgIpc) is 2.88. The summed E-state index contributed by atoms with van der Waals surface area (Å²) in [5.41, 5.74) is -1.19. The van der Waals surface area contributed by atoms with Crippen LogP contribution in [0.2, 0.25) is 0 Å². The van der Waals surface area contributed by atoms with E-state index < -0.39 is 40.6 Å². The van der Waals surface area contributed by atoms with Crippen LogP contribution in [-0.4, -0.2) is 5.97 Å². The fourth-order valence-electron chi connectivity index (χ4n) is 6.52. The van der Waals surface area contributed by atoms with Gasteiger partial charge in [-0.1, -0.05) is 51.9 Å². The number of esters is 1. The van der Waals surface area contributed by atoms with E-state index in [2.05, 4.69) is 6.92 Å². The highest BCUT2D eigenvalue weighted by Crippen LogP contribution is 2.49. The Kier molecular flexibility index (Phi) is 9.46. The summed E-state index contributed by atoms with van der Waals surface area (Å²) < 4.78 is 62.8. The molecule has 3 nitrogen and oxygen atoms in total. The van der Waals surface area contributed by atoms with E-state index in [9.17, 15) is 13.6 Å². The third-order valence-electron chi connectivity index (χ3n) is 8.50. The van der Waals surface area contributed by atoms with E-state index in [1.165, 1.54) is 57.4 Å². The van der Waals surface area contributed by atoms with E-state index >= 15 is 8.78 Å². The molecule has 2 aromatic carbocycles. The van der Waals surface area contributed by atoms with Crippen molar-refractivity contribution in [2.45, 2.75) is 89.9 Å².